The molecule has 0 heterocycles. The van der Waals surface area contributed by atoms with Crippen molar-refractivity contribution in [2.45, 2.75) is 25.2 Å². The second-order valence-corrected chi connectivity index (χ2v) is 8.97. The molecule has 0 fully saturated rings. The minimum atomic E-state index is -3.81. The van der Waals surface area contributed by atoms with Gasteiger partial charge in [0.2, 0.25) is 15.9 Å². The van der Waals surface area contributed by atoms with Gasteiger partial charge in [-0.05, 0) is 36.2 Å². The highest BCUT2D eigenvalue weighted by Crippen LogP contribution is 2.20. The van der Waals surface area contributed by atoms with E-state index in [1.165, 1.54) is 12.1 Å². The van der Waals surface area contributed by atoms with Crippen molar-refractivity contribution in [1.82, 2.24) is 4.72 Å². The number of benzene rings is 2. The van der Waals surface area contributed by atoms with Gasteiger partial charge in [0.05, 0.1) is 11.6 Å². The number of sulfonamides is 1. The molecular weight excluding hydrogens is 430 g/mol. The highest BCUT2D eigenvalue weighted by molar-refractivity contribution is 7.89. The third kappa shape index (κ3) is 7.66. The summed E-state index contributed by atoms with van der Waals surface area (Å²) in [5, 5.41) is 5.33. The molecule has 8 nitrogen and oxygen atoms in total. The summed E-state index contributed by atoms with van der Waals surface area (Å²) in [6.07, 6.45) is -0.668. The summed E-state index contributed by atoms with van der Waals surface area (Å²) in [6, 6.07) is 12.6. The van der Waals surface area contributed by atoms with E-state index >= 15 is 0 Å². The fraction of sp³-hybridized carbons (Fsp3) is 0.300. The molecule has 2 aromatic carbocycles. The quantitative estimate of drug-likeness (QED) is 0.533. The van der Waals surface area contributed by atoms with Crippen LogP contribution in [-0.2, 0) is 19.6 Å². The molecule has 0 aliphatic rings. The summed E-state index contributed by atoms with van der Waals surface area (Å²) in [5.74, 6) is -0.173. The van der Waals surface area contributed by atoms with E-state index in [0.717, 1.165) is 0 Å². The van der Waals surface area contributed by atoms with E-state index < -0.39 is 22.0 Å². The van der Waals surface area contributed by atoms with Gasteiger partial charge in [0.1, 0.15) is 4.90 Å². The third-order valence-electron chi connectivity index (χ3n) is 3.71. The number of amides is 2. The van der Waals surface area contributed by atoms with E-state index in [2.05, 4.69) is 15.4 Å². The molecule has 0 aliphatic heterocycles. The first-order chi connectivity index (χ1) is 14.2. The van der Waals surface area contributed by atoms with Crippen LogP contribution in [0.15, 0.2) is 53.4 Å². The predicted octanol–water partition coefficient (Wildman–Crippen LogP) is 3.85. The maximum atomic E-state index is 12.3. The Kier molecular flexibility index (Phi) is 8.64. The van der Waals surface area contributed by atoms with Crippen LogP contribution in [0, 0.1) is 5.92 Å². The van der Waals surface area contributed by atoms with E-state index in [1.807, 2.05) is 13.8 Å². The number of nitrogens with one attached hydrogen (secondary N) is 3. The SMILES string of the molecule is CC(C)COC(=O)Nc1cccc(NC(=O)CCNS(=O)(=O)c2ccccc2Cl)c1. The summed E-state index contributed by atoms with van der Waals surface area (Å²) in [6.45, 7) is 4.06. The van der Waals surface area contributed by atoms with Gasteiger partial charge in [-0.25, -0.2) is 17.9 Å². The van der Waals surface area contributed by atoms with Crippen molar-refractivity contribution >= 4 is 45.0 Å². The topological polar surface area (TPSA) is 114 Å². The third-order valence-corrected chi connectivity index (χ3v) is 5.67. The van der Waals surface area contributed by atoms with E-state index in [1.54, 1.807) is 36.4 Å². The molecule has 0 aliphatic carbocycles. The van der Waals surface area contributed by atoms with Gasteiger partial charge in [-0.15, -0.1) is 0 Å². The lowest BCUT2D eigenvalue weighted by molar-refractivity contribution is -0.116. The number of hydrogen-bond donors (Lipinski definition) is 3. The lowest BCUT2D eigenvalue weighted by Crippen LogP contribution is -2.28. The van der Waals surface area contributed by atoms with Gasteiger partial charge in [0.15, 0.2) is 0 Å². The molecule has 0 saturated heterocycles. The Morgan fingerprint density at radius 2 is 1.70 bits per heavy atom. The zero-order chi connectivity index (χ0) is 22.1. The van der Waals surface area contributed by atoms with Crippen LogP contribution in [0.3, 0.4) is 0 Å². The minimum Gasteiger partial charge on any atom is -0.449 e. The van der Waals surface area contributed by atoms with Crippen molar-refractivity contribution < 1.29 is 22.7 Å². The van der Waals surface area contributed by atoms with Gasteiger partial charge in [-0.3, -0.25) is 10.1 Å². The monoisotopic (exact) mass is 453 g/mol. The number of carbonyl (C=O) groups is 2. The fourth-order valence-corrected chi connectivity index (χ4v) is 3.88. The highest BCUT2D eigenvalue weighted by Gasteiger charge is 2.17. The molecule has 0 aromatic heterocycles. The van der Waals surface area contributed by atoms with Crippen molar-refractivity contribution in [2.24, 2.45) is 5.92 Å². The van der Waals surface area contributed by atoms with Gasteiger partial charge in [-0.1, -0.05) is 43.6 Å². The normalized spacial score (nSPS) is 11.2. The van der Waals surface area contributed by atoms with Gasteiger partial charge in [0, 0.05) is 24.3 Å². The van der Waals surface area contributed by atoms with Gasteiger partial charge in [0.25, 0.3) is 0 Å². The molecule has 0 saturated carbocycles. The Labute approximate surface area is 181 Å². The molecule has 30 heavy (non-hydrogen) atoms. The molecular formula is C20H24ClN3O5S. The Bertz CT molecular complexity index is 995. The summed E-state index contributed by atoms with van der Waals surface area (Å²) >= 11 is 5.91. The second kappa shape index (κ2) is 11.0. The van der Waals surface area contributed by atoms with Gasteiger partial charge in [-0.2, -0.15) is 0 Å². The standard InChI is InChI=1S/C20H24ClN3O5S/c1-14(2)13-29-20(26)24-16-7-5-6-15(12-16)23-19(25)10-11-22-30(27,28)18-9-4-3-8-17(18)21/h3-9,12,14,22H,10-11,13H2,1-2H3,(H,23,25)(H,24,26). The molecule has 10 heteroatoms. The molecule has 0 unspecified atom stereocenters. The molecule has 162 valence electrons. The lowest BCUT2D eigenvalue weighted by atomic mass is 10.2. The molecule has 0 atom stereocenters. The smallest absolute Gasteiger partial charge is 0.411 e. The Balaban J connectivity index is 1.85. The van der Waals surface area contributed by atoms with E-state index in [-0.39, 0.29) is 28.8 Å². The molecule has 2 rings (SSSR count). The zero-order valence-electron chi connectivity index (χ0n) is 16.6. The van der Waals surface area contributed by atoms with Crippen molar-refractivity contribution in [3.63, 3.8) is 0 Å². The molecule has 0 bridgehead atoms. The Morgan fingerprint density at radius 1 is 1.03 bits per heavy atom. The van der Waals surface area contributed by atoms with Crippen molar-refractivity contribution in [3.05, 3.63) is 53.6 Å². The van der Waals surface area contributed by atoms with Crippen LogP contribution in [0.1, 0.15) is 20.3 Å². The predicted molar refractivity (Wildman–Crippen MR) is 116 cm³/mol. The summed E-state index contributed by atoms with van der Waals surface area (Å²) in [4.78, 5) is 23.8. The molecule has 3 N–H and O–H groups in total. The molecule has 0 radical (unpaired) electrons. The van der Waals surface area contributed by atoms with E-state index in [9.17, 15) is 18.0 Å². The fourth-order valence-electron chi connectivity index (χ4n) is 2.33. The maximum absolute atomic E-state index is 12.3. The zero-order valence-corrected chi connectivity index (χ0v) is 18.2. The summed E-state index contributed by atoms with van der Waals surface area (Å²) in [5.41, 5.74) is 0.914. The minimum absolute atomic E-state index is 0.0461. The molecule has 2 aromatic rings. The number of anilines is 2. The lowest BCUT2D eigenvalue weighted by Gasteiger charge is -2.11. The van der Waals surface area contributed by atoms with E-state index in [4.69, 9.17) is 16.3 Å². The van der Waals surface area contributed by atoms with Crippen LogP contribution in [0.25, 0.3) is 0 Å². The largest absolute Gasteiger partial charge is 0.449 e. The van der Waals surface area contributed by atoms with Crippen molar-refractivity contribution in [3.8, 4) is 0 Å². The van der Waals surface area contributed by atoms with Crippen LogP contribution in [0.2, 0.25) is 5.02 Å². The first-order valence-electron chi connectivity index (χ1n) is 9.25. The van der Waals surface area contributed by atoms with Crippen LogP contribution in [-0.4, -0.2) is 33.6 Å². The number of rotatable bonds is 9. The van der Waals surface area contributed by atoms with Crippen LogP contribution < -0.4 is 15.4 Å². The Hall–Kier alpha value is -2.62. The number of ether oxygens (including phenoxy) is 1. The van der Waals surface area contributed by atoms with E-state index in [0.29, 0.717) is 18.0 Å². The van der Waals surface area contributed by atoms with Crippen LogP contribution in [0.5, 0.6) is 0 Å². The number of carbonyl (C=O) groups excluding carboxylic acids is 2. The summed E-state index contributed by atoms with van der Waals surface area (Å²) < 4.78 is 31.9. The van der Waals surface area contributed by atoms with Crippen molar-refractivity contribution in [2.75, 3.05) is 23.8 Å². The highest BCUT2D eigenvalue weighted by atomic mass is 35.5. The van der Waals surface area contributed by atoms with Crippen LogP contribution in [0.4, 0.5) is 16.2 Å². The number of hydrogen-bond acceptors (Lipinski definition) is 5. The first-order valence-corrected chi connectivity index (χ1v) is 11.1. The van der Waals surface area contributed by atoms with Crippen LogP contribution >= 0.6 is 11.6 Å². The maximum Gasteiger partial charge on any atom is 0.411 e. The Morgan fingerprint density at radius 3 is 2.37 bits per heavy atom. The molecule has 2 amide bonds. The van der Waals surface area contributed by atoms with Crippen molar-refractivity contribution in [1.29, 1.82) is 0 Å². The molecule has 0 spiro atoms. The first kappa shape index (κ1) is 23.7. The van der Waals surface area contributed by atoms with Gasteiger partial charge < -0.3 is 10.1 Å². The average Bonchev–Trinajstić information content (AvgIpc) is 2.66. The second-order valence-electron chi connectivity index (χ2n) is 6.82. The average molecular weight is 454 g/mol. The van der Waals surface area contributed by atoms with Gasteiger partial charge >= 0.3 is 6.09 Å². The number of halogens is 1. The summed E-state index contributed by atoms with van der Waals surface area (Å²) in [7, 11) is -3.81.